The normalized spacial score (nSPS) is 40.1. The molecule has 1 unspecified atom stereocenters. The molecule has 16 heavy (non-hydrogen) atoms. The molecular weight excluding hydrogens is 200 g/mol. The van der Waals surface area contributed by atoms with Crippen LogP contribution in [0.5, 0.6) is 0 Å². The molecule has 0 aromatic heterocycles. The van der Waals surface area contributed by atoms with Gasteiger partial charge in [-0.05, 0) is 44.6 Å². The lowest BCUT2D eigenvalue weighted by molar-refractivity contribution is -0.0102. The van der Waals surface area contributed by atoms with E-state index in [-0.39, 0.29) is 0 Å². The first-order valence-electron chi connectivity index (χ1n) is 6.88. The van der Waals surface area contributed by atoms with Crippen LogP contribution >= 0.6 is 0 Å². The highest BCUT2D eigenvalue weighted by atomic mass is 16.3. The molecule has 1 aliphatic carbocycles. The monoisotopic (exact) mass is 226 g/mol. The topological polar surface area (TPSA) is 44.3 Å². The molecule has 0 aromatic rings. The van der Waals surface area contributed by atoms with Crippen LogP contribution < -0.4 is 10.6 Å². The molecule has 1 saturated carbocycles. The van der Waals surface area contributed by atoms with Crippen LogP contribution in [0, 0.1) is 5.92 Å². The van der Waals surface area contributed by atoms with E-state index in [0.717, 1.165) is 38.4 Å². The Morgan fingerprint density at radius 2 is 2.06 bits per heavy atom. The fraction of sp³-hybridized carbons (Fsp3) is 1.00. The summed E-state index contributed by atoms with van der Waals surface area (Å²) in [6.07, 6.45) is 6.86. The molecule has 1 saturated heterocycles. The van der Waals surface area contributed by atoms with Crippen molar-refractivity contribution < 1.29 is 5.11 Å². The predicted molar refractivity (Wildman–Crippen MR) is 66.5 cm³/mol. The van der Waals surface area contributed by atoms with Crippen LogP contribution in [-0.2, 0) is 0 Å². The van der Waals surface area contributed by atoms with Gasteiger partial charge in [0.25, 0.3) is 0 Å². The first-order chi connectivity index (χ1) is 7.72. The second-order valence-corrected chi connectivity index (χ2v) is 5.65. The third-order valence-electron chi connectivity index (χ3n) is 4.39. The zero-order valence-corrected chi connectivity index (χ0v) is 10.5. The fourth-order valence-electron chi connectivity index (χ4n) is 2.96. The maximum Gasteiger partial charge on any atom is 0.0771 e. The largest absolute Gasteiger partial charge is 0.389 e. The minimum atomic E-state index is -0.422. The maximum absolute atomic E-state index is 10.5. The molecule has 0 bridgehead atoms. The standard InChI is InChI=1S/C13H26N2O/c1-2-11-3-6-13(16,7-4-11)10-15-12-5-8-14-9-12/h11-12,14-16H,2-10H2,1H3. The third kappa shape index (κ3) is 3.19. The van der Waals surface area contributed by atoms with E-state index < -0.39 is 5.60 Å². The predicted octanol–water partition coefficient (Wildman–Crippen LogP) is 1.27. The second-order valence-electron chi connectivity index (χ2n) is 5.65. The maximum atomic E-state index is 10.5. The van der Waals surface area contributed by atoms with Crippen LogP contribution in [0.15, 0.2) is 0 Å². The zero-order valence-electron chi connectivity index (χ0n) is 10.5. The molecule has 94 valence electrons. The third-order valence-corrected chi connectivity index (χ3v) is 4.39. The van der Waals surface area contributed by atoms with Crippen molar-refractivity contribution in [3.8, 4) is 0 Å². The van der Waals surface area contributed by atoms with Crippen molar-refractivity contribution in [1.82, 2.24) is 10.6 Å². The molecule has 3 nitrogen and oxygen atoms in total. The van der Waals surface area contributed by atoms with E-state index in [1.807, 2.05) is 0 Å². The lowest BCUT2D eigenvalue weighted by Crippen LogP contribution is -2.47. The molecular formula is C13H26N2O. The number of hydrogen-bond donors (Lipinski definition) is 3. The lowest BCUT2D eigenvalue weighted by atomic mass is 9.78. The van der Waals surface area contributed by atoms with Crippen LogP contribution in [0.3, 0.4) is 0 Å². The van der Waals surface area contributed by atoms with Gasteiger partial charge < -0.3 is 15.7 Å². The van der Waals surface area contributed by atoms with Gasteiger partial charge in [0.1, 0.15) is 0 Å². The van der Waals surface area contributed by atoms with Crippen LogP contribution in [0.4, 0.5) is 0 Å². The van der Waals surface area contributed by atoms with Gasteiger partial charge in [0.15, 0.2) is 0 Å². The molecule has 1 aliphatic heterocycles. The minimum absolute atomic E-state index is 0.422. The SMILES string of the molecule is CCC1CCC(O)(CNC2CCNC2)CC1. The Labute approximate surface area is 99.0 Å². The van der Waals surface area contributed by atoms with E-state index in [0.29, 0.717) is 6.04 Å². The van der Waals surface area contributed by atoms with Crippen molar-refractivity contribution in [2.75, 3.05) is 19.6 Å². The Morgan fingerprint density at radius 3 is 2.62 bits per heavy atom. The van der Waals surface area contributed by atoms with Crippen molar-refractivity contribution in [2.45, 2.75) is 57.1 Å². The van der Waals surface area contributed by atoms with Crippen molar-refractivity contribution in [1.29, 1.82) is 0 Å². The Hall–Kier alpha value is -0.120. The molecule has 2 aliphatic rings. The number of hydrogen-bond acceptors (Lipinski definition) is 3. The molecule has 2 fully saturated rings. The van der Waals surface area contributed by atoms with E-state index in [1.54, 1.807) is 0 Å². The van der Waals surface area contributed by atoms with E-state index >= 15 is 0 Å². The van der Waals surface area contributed by atoms with Crippen molar-refractivity contribution in [2.24, 2.45) is 5.92 Å². The van der Waals surface area contributed by atoms with Gasteiger partial charge in [-0.25, -0.2) is 0 Å². The highest BCUT2D eigenvalue weighted by Gasteiger charge is 2.33. The van der Waals surface area contributed by atoms with Gasteiger partial charge in [-0.1, -0.05) is 13.3 Å². The van der Waals surface area contributed by atoms with Crippen LogP contribution in [0.2, 0.25) is 0 Å². The molecule has 1 heterocycles. The molecule has 0 spiro atoms. The summed E-state index contributed by atoms with van der Waals surface area (Å²) >= 11 is 0. The summed E-state index contributed by atoms with van der Waals surface area (Å²) in [5.41, 5.74) is -0.422. The van der Waals surface area contributed by atoms with Gasteiger partial charge in [-0.2, -0.15) is 0 Å². The summed E-state index contributed by atoms with van der Waals surface area (Å²) in [4.78, 5) is 0. The molecule has 0 amide bonds. The smallest absolute Gasteiger partial charge is 0.0771 e. The molecule has 0 aromatic carbocycles. The average Bonchev–Trinajstić information content (AvgIpc) is 2.81. The van der Waals surface area contributed by atoms with Gasteiger partial charge >= 0.3 is 0 Å². The highest BCUT2D eigenvalue weighted by Crippen LogP contribution is 2.33. The van der Waals surface area contributed by atoms with Gasteiger partial charge in [-0.15, -0.1) is 0 Å². The summed E-state index contributed by atoms with van der Waals surface area (Å²) in [7, 11) is 0. The lowest BCUT2D eigenvalue weighted by Gasteiger charge is -2.36. The molecule has 3 heteroatoms. The Morgan fingerprint density at radius 1 is 1.31 bits per heavy atom. The molecule has 1 atom stereocenters. The van der Waals surface area contributed by atoms with E-state index in [2.05, 4.69) is 17.6 Å². The number of rotatable bonds is 4. The Bertz CT molecular complexity index is 206. The molecule has 0 radical (unpaired) electrons. The van der Waals surface area contributed by atoms with Crippen molar-refractivity contribution >= 4 is 0 Å². The van der Waals surface area contributed by atoms with Crippen LogP contribution in [-0.4, -0.2) is 36.4 Å². The summed E-state index contributed by atoms with van der Waals surface area (Å²) in [6, 6.07) is 0.577. The summed E-state index contributed by atoms with van der Waals surface area (Å²) < 4.78 is 0. The van der Waals surface area contributed by atoms with Gasteiger partial charge in [0.05, 0.1) is 5.60 Å². The molecule has 3 N–H and O–H groups in total. The first-order valence-corrected chi connectivity index (χ1v) is 6.88. The highest BCUT2D eigenvalue weighted by molar-refractivity contribution is 4.89. The Balaban J connectivity index is 1.71. The van der Waals surface area contributed by atoms with Crippen LogP contribution in [0.1, 0.15) is 45.4 Å². The van der Waals surface area contributed by atoms with Crippen LogP contribution in [0.25, 0.3) is 0 Å². The van der Waals surface area contributed by atoms with Crippen molar-refractivity contribution in [3.63, 3.8) is 0 Å². The number of aliphatic hydroxyl groups is 1. The van der Waals surface area contributed by atoms with Gasteiger partial charge in [0.2, 0.25) is 0 Å². The summed E-state index contributed by atoms with van der Waals surface area (Å²) in [6.45, 7) is 5.23. The van der Waals surface area contributed by atoms with E-state index in [9.17, 15) is 5.11 Å². The van der Waals surface area contributed by atoms with Crippen molar-refractivity contribution in [3.05, 3.63) is 0 Å². The van der Waals surface area contributed by atoms with Gasteiger partial charge in [-0.3, -0.25) is 0 Å². The van der Waals surface area contributed by atoms with E-state index in [1.165, 1.54) is 25.7 Å². The van der Waals surface area contributed by atoms with E-state index in [4.69, 9.17) is 0 Å². The number of nitrogens with one attached hydrogen (secondary N) is 2. The summed E-state index contributed by atoms with van der Waals surface area (Å²) in [5, 5.41) is 17.3. The Kier molecular flexibility index (Phi) is 4.22. The first kappa shape index (κ1) is 12.3. The zero-order chi connectivity index (χ0) is 11.4. The second kappa shape index (κ2) is 5.48. The van der Waals surface area contributed by atoms with Gasteiger partial charge in [0, 0.05) is 19.1 Å². The summed E-state index contributed by atoms with van der Waals surface area (Å²) in [5.74, 6) is 0.855. The minimum Gasteiger partial charge on any atom is -0.389 e. The molecule has 2 rings (SSSR count). The quantitative estimate of drug-likeness (QED) is 0.676. The fourth-order valence-corrected chi connectivity index (χ4v) is 2.96. The average molecular weight is 226 g/mol.